The maximum atomic E-state index is 12.0. The number of Topliss-reactive ketones (excluding diaryl/α,β-unsaturated/α-hetero) is 1. The van der Waals surface area contributed by atoms with Gasteiger partial charge in [0.15, 0.2) is 5.78 Å². The van der Waals surface area contributed by atoms with Crippen LogP contribution in [0.1, 0.15) is 67.3 Å². The first-order chi connectivity index (χ1) is 8.74. The second-order valence-electron chi connectivity index (χ2n) is 5.20. The number of hydrogen-bond acceptors (Lipinski definition) is 1. The molecular weight excluding hydrogens is 244 g/mol. The highest BCUT2D eigenvalue weighted by Crippen LogP contribution is 2.37. The third-order valence-electron chi connectivity index (χ3n) is 3.85. The normalized spacial score (nSPS) is 22.9. The van der Waals surface area contributed by atoms with E-state index in [1.165, 1.54) is 31.2 Å². The van der Waals surface area contributed by atoms with Crippen LogP contribution in [0.3, 0.4) is 0 Å². The van der Waals surface area contributed by atoms with Gasteiger partial charge in [-0.05, 0) is 24.3 Å². The molecule has 2 atom stereocenters. The molecule has 0 spiro atoms. The average Bonchev–Trinajstić information content (AvgIpc) is 2.40. The monoisotopic (exact) mass is 264 g/mol. The Balaban J connectivity index is 2.07. The van der Waals surface area contributed by atoms with E-state index in [0.717, 1.165) is 18.4 Å². The van der Waals surface area contributed by atoms with Crippen LogP contribution in [0.5, 0.6) is 0 Å². The van der Waals surface area contributed by atoms with Gasteiger partial charge in [0, 0.05) is 5.56 Å². The SMILES string of the molecule is CCCCCC[C@@H]1C[C@@H](Cl)C(=O)c2ccccc21. The van der Waals surface area contributed by atoms with Gasteiger partial charge in [0.2, 0.25) is 0 Å². The van der Waals surface area contributed by atoms with Gasteiger partial charge in [-0.2, -0.15) is 0 Å². The topological polar surface area (TPSA) is 17.1 Å². The summed E-state index contributed by atoms with van der Waals surface area (Å²) in [5.41, 5.74) is 2.07. The molecule has 0 N–H and O–H groups in total. The van der Waals surface area contributed by atoms with Crippen molar-refractivity contribution in [2.75, 3.05) is 0 Å². The summed E-state index contributed by atoms with van der Waals surface area (Å²) in [6, 6.07) is 7.98. The molecule has 1 aromatic carbocycles. The summed E-state index contributed by atoms with van der Waals surface area (Å²) >= 11 is 6.18. The van der Waals surface area contributed by atoms with Crippen LogP contribution in [-0.4, -0.2) is 11.2 Å². The Morgan fingerprint density at radius 2 is 2.00 bits per heavy atom. The van der Waals surface area contributed by atoms with E-state index in [0.29, 0.717) is 5.92 Å². The first-order valence-electron chi connectivity index (χ1n) is 7.01. The lowest BCUT2D eigenvalue weighted by atomic mass is 9.79. The second kappa shape index (κ2) is 6.38. The lowest BCUT2D eigenvalue weighted by molar-refractivity contribution is 0.0970. The molecule has 0 heterocycles. The number of ketones is 1. The number of carbonyl (C=O) groups is 1. The lowest BCUT2D eigenvalue weighted by Gasteiger charge is -2.27. The maximum Gasteiger partial charge on any atom is 0.180 e. The quantitative estimate of drug-likeness (QED) is 0.544. The van der Waals surface area contributed by atoms with Crippen LogP contribution in [0.25, 0.3) is 0 Å². The van der Waals surface area contributed by atoms with E-state index in [4.69, 9.17) is 11.6 Å². The van der Waals surface area contributed by atoms with Crippen LogP contribution < -0.4 is 0 Å². The fourth-order valence-corrected chi connectivity index (χ4v) is 3.15. The van der Waals surface area contributed by atoms with Gasteiger partial charge in [0.25, 0.3) is 0 Å². The molecule has 1 aliphatic carbocycles. The number of unbranched alkanes of at least 4 members (excludes halogenated alkanes) is 3. The molecule has 1 nitrogen and oxygen atoms in total. The molecule has 0 saturated heterocycles. The van der Waals surface area contributed by atoms with Crippen LogP contribution in [0.4, 0.5) is 0 Å². The smallest absolute Gasteiger partial charge is 0.180 e. The average molecular weight is 265 g/mol. The van der Waals surface area contributed by atoms with E-state index in [9.17, 15) is 4.79 Å². The Labute approximate surface area is 115 Å². The molecule has 0 radical (unpaired) electrons. The van der Waals surface area contributed by atoms with Crippen molar-refractivity contribution in [1.29, 1.82) is 0 Å². The van der Waals surface area contributed by atoms with Crippen molar-refractivity contribution >= 4 is 17.4 Å². The summed E-state index contributed by atoms with van der Waals surface area (Å²) in [4.78, 5) is 12.0. The first-order valence-corrected chi connectivity index (χ1v) is 7.45. The van der Waals surface area contributed by atoms with Crippen LogP contribution in [0.15, 0.2) is 24.3 Å². The van der Waals surface area contributed by atoms with Gasteiger partial charge < -0.3 is 0 Å². The Kier molecular flexibility index (Phi) is 4.82. The van der Waals surface area contributed by atoms with E-state index in [1.807, 2.05) is 18.2 Å². The predicted molar refractivity (Wildman–Crippen MR) is 76.5 cm³/mol. The number of rotatable bonds is 5. The Hall–Kier alpha value is -0.820. The molecule has 0 unspecified atom stereocenters. The number of alkyl halides is 1. The van der Waals surface area contributed by atoms with Crippen molar-refractivity contribution in [3.05, 3.63) is 35.4 Å². The molecule has 0 aliphatic heterocycles. The van der Waals surface area contributed by atoms with Gasteiger partial charge in [-0.3, -0.25) is 4.79 Å². The van der Waals surface area contributed by atoms with E-state index in [1.54, 1.807) is 0 Å². The maximum absolute atomic E-state index is 12.0. The highest BCUT2D eigenvalue weighted by molar-refractivity contribution is 6.34. The second-order valence-corrected chi connectivity index (χ2v) is 5.73. The van der Waals surface area contributed by atoms with Crippen molar-refractivity contribution in [1.82, 2.24) is 0 Å². The molecule has 0 aromatic heterocycles. The summed E-state index contributed by atoms with van der Waals surface area (Å²) in [5, 5.41) is -0.323. The van der Waals surface area contributed by atoms with E-state index in [-0.39, 0.29) is 11.2 Å². The van der Waals surface area contributed by atoms with Gasteiger partial charge in [-0.25, -0.2) is 0 Å². The molecule has 0 bridgehead atoms. The number of benzene rings is 1. The summed E-state index contributed by atoms with van der Waals surface area (Å²) in [6.07, 6.45) is 7.06. The molecule has 98 valence electrons. The van der Waals surface area contributed by atoms with Crippen molar-refractivity contribution in [2.24, 2.45) is 0 Å². The minimum atomic E-state index is -0.323. The molecule has 1 aromatic rings. The van der Waals surface area contributed by atoms with Crippen molar-refractivity contribution in [3.63, 3.8) is 0 Å². The molecule has 0 fully saturated rings. The number of halogens is 1. The zero-order valence-corrected chi connectivity index (χ0v) is 11.7. The summed E-state index contributed by atoms with van der Waals surface area (Å²) in [6.45, 7) is 2.23. The predicted octanol–water partition coefficient (Wildman–Crippen LogP) is 4.93. The van der Waals surface area contributed by atoms with E-state index < -0.39 is 0 Å². The molecule has 18 heavy (non-hydrogen) atoms. The highest BCUT2D eigenvalue weighted by atomic mass is 35.5. The number of hydrogen-bond donors (Lipinski definition) is 0. The molecule has 0 saturated carbocycles. The van der Waals surface area contributed by atoms with Gasteiger partial charge in [0.05, 0.1) is 5.38 Å². The van der Waals surface area contributed by atoms with Crippen LogP contribution >= 0.6 is 11.6 Å². The van der Waals surface area contributed by atoms with Crippen LogP contribution in [0, 0.1) is 0 Å². The van der Waals surface area contributed by atoms with Crippen molar-refractivity contribution in [3.8, 4) is 0 Å². The highest BCUT2D eigenvalue weighted by Gasteiger charge is 2.31. The molecule has 2 rings (SSSR count). The lowest BCUT2D eigenvalue weighted by Crippen LogP contribution is -2.26. The van der Waals surface area contributed by atoms with Crippen LogP contribution in [0.2, 0.25) is 0 Å². The Morgan fingerprint density at radius 1 is 1.22 bits per heavy atom. The summed E-state index contributed by atoms with van der Waals surface area (Å²) in [5.74, 6) is 0.579. The van der Waals surface area contributed by atoms with E-state index >= 15 is 0 Å². The van der Waals surface area contributed by atoms with Gasteiger partial charge >= 0.3 is 0 Å². The molecule has 0 amide bonds. The first kappa shape index (κ1) is 13.6. The Bertz CT molecular complexity index is 413. The zero-order chi connectivity index (χ0) is 13.0. The molecular formula is C16H21ClO. The minimum absolute atomic E-state index is 0.108. The summed E-state index contributed by atoms with van der Waals surface area (Å²) in [7, 11) is 0. The number of carbonyl (C=O) groups excluding carboxylic acids is 1. The molecule has 1 aliphatic rings. The van der Waals surface area contributed by atoms with Gasteiger partial charge in [-0.1, -0.05) is 56.9 Å². The van der Waals surface area contributed by atoms with Gasteiger partial charge in [0.1, 0.15) is 0 Å². The third kappa shape index (κ3) is 2.95. The largest absolute Gasteiger partial charge is 0.292 e. The van der Waals surface area contributed by atoms with Gasteiger partial charge in [-0.15, -0.1) is 11.6 Å². The minimum Gasteiger partial charge on any atom is -0.292 e. The van der Waals surface area contributed by atoms with E-state index in [2.05, 4.69) is 13.0 Å². The third-order valence-corrected chi connectivity index (χ3v) is 4.22. The standard InChI is InChI=1S/C16H21ClO/c1-2-3-4-5-8-12-11-15(17)16(18)14-10-7-6-9-13(12)14/h6-7,9-10,12,15H,2-5,8,11H2,1H3/t12-,15-/m1/s1. The van der Waals surface area contributed by atoms with Crippen molar-refractivity contribution in [2.45, 2.75) is 56.7 Å². The summed E-state index contributed by atoms with van der Waals surface area (Å²) < 4.78 is 0. The fraction of sp³-hybridized carbons (Fsp3) is 0.562. The zero-order valence-electron chi connectivity index (χ0n) is 11.0. The number of fused-ring (bicyclic) bond motifs is 1. The van der Waals surface area contributed by atoms with Crippen LogP contribution in [-0.2, 0) is 0 Å². The Morgan fingerprint density at radius 3 is 2.78 bits per heavy atom. The fourth-order valence-electron chi connectivity index (χ4n) is 2.82. The molecule has 2 heteroatoms. The van der Waals surface area contributed by atoms with Crippen molar-refractivity contribution < 1.29 is 4.79 Å².